The molecule has 0 aromatic heterocycles. The van der Waals surface area contributed by atoms with E-state index < -0.39 is 11.7 Å². The summed E-state index contributed by atoms with van der Waals surface area (Å²) in [6, 6.07) is 11.8. The number of amides is 2. The molecule has 0 radical (unpaired) electrons. The van der Waals surface area contributed by atoms with Crippen LogP contribution >= 0.6 is 0 Å². The van der Waals surface area contributed by atoms with Crippen LogP contribution in [0.1, 0.15) is 12.0 Å². The fourth-order valence-corrected chi connectivity index (χ4v) is 3.46. The molecule has 2 aliphatic rings. The molecule has 2 aromatic rings. The maximum atomic E-state index is 13.6. The number of anilines is 1. The summed E-state index contributed by atoms with van der Waals surface area (Å²) in [5.74, 6) is 0.241. The zero-order valence-corrected chi connectivity index (χ0v) is 15.9. The lowest BCUT2D eigenvalue weighted by atomic mass is 10.1. The molecular formula is C21H22FN3O4. The minimum atomic E-state index is -0.523. The Hall–Kier alpha value is -3.13. The first kappa shape index (κ1) is 19.2. The molecule has 29 heavy (non-hydrogen) atoms. The lowest BCUT2D eigenvalue weighted by Gasteiger charge is -2.34. The van der Waals surface area contributed by atoms with E-state index in [-0.39, 0.29) is 24.8 Å². The third-order valence-corrected chi connectivity index (χ3v) is 5.03. The fraction of sp³-hybridized carbons (Fsp3) is 0.333. The highest BCUT2D eigenvalue weighted by Crippen LogP contribution is 2.32. The molecule has 4 rings (SSSR count). The molecule has 2 aliphatic heterocycles. The summed E-state index contributed by atoms with van der Waals surface area (Å²) >= 11 is 0. The van der Waals surface area contributed by atoms with Crippen LogP contribution in [0.3, 0.4) is 0 Å². The van der Waals surface area contributed by atoms with Crippen LogP contribution in [0.2, 0.25) is 0 Å². The Morgan fingerprint density at radius 2 is 1.76 bits per heavy atom. The quantitative estimate of drug-likeness (QED) is 0.781. The molecule has 0 spiro atoms. The molecule has 2 aromatic carbocycles. The summed E-state index contributed by atoms with van der Waals surface area (Å²) in [5, 5.41) is 2.45. The number of rotatable bonds is 5. The van der Waals surface area contributed by atoms with Crippen LogP contribution in [0, 0.1) is 5.82 Å². The summed E-state index contributed by atoms with van der Waals surface area (Å²) in [6.45, 7) is 3.55. The van der Waals surface area contributed by atoms with Crippen LogP contribution < -0.4 is 14.8 Å². The molecule has 0 unspecified atom stereocenters. The highest BCUT2D eigenvalue weighted by Gasteiger charge is 2.23. The van der Waals surface area contributed by atoms with Gasteiger partial charge in [-0.2, -0.15) is 0 Å². The molecule has 7 nitrogen and oxygen atoms in total. The van der Waals surface area contributed by atoms with E-state index in [2.05, 4.69) is 10.2 Å². The van der Waals surface area contributed by atoms with Gasteiger partial charge in [0.25, 0.3) is 0 Å². The Kier molecular flexibility index (Phi) is 5.62. The molecule has 0 saturated carbocycles. The Labute approximate surface area is 168 Å². The van der Waals surface area contributed by atoms with Crippen LogP contribution in [0.5, 0.6) is 11.5 Å². The Bertz CT molecular complexity index is 913. The number of carbonyl (C=O) groups excluding carboxylic acids is 2. The molecule has 0 aliphatic carbocycles. The summed E-state index contributed by atoms with van der Waals surface area (Å²) in [4.78, 5) is 28.4. The van der Waals surface area contributed by atoms with Crippen molar-refractivity contribution < 1.29 is 23.5 Å². The first-order valence-electron chi connectivity index (χ1n) is 9.51. The number of hydrogen-bond donors (Lipinski definition) is 1. The van der Waals surface area contributed by atoms with Crippen molar-refractivity contribution in [3.05, 3.63) is 53.8 Å². The van der Waals surface area contributed by atoms with Crippen molar-refractivity contribution in [1.29, 1.82) is 0 Å². The third kappa shape index (κ3) is 4.65. The summed E-state index contributed by atoms with van der Waals surface area (Å²) in [6.07, 6.45) is -0.295. The maximum Gasteiger partial charge on any atom is 0.233 e. The first-order valence-corrected chi connectivity index (χ1v) is 9.51. The van der Waals surface area contributed by atoms with Gasteiger partial charge in [0.05, 0.1) is 5.69 Å². The van der Waals surface area contributed by atoms with E-state index in [1.807, 2.05) is 18.2 Å². The van der Waals surface area contributed by atoms with Crippen LogP contribution in [0.15, 0.2) is 42.5 Å². The molecule has 2 heterocycles. The number of nitrogens with one attached hydrogen (secondary N) is 1. The van der Waals surface area contributed by atoms with Gasteiger partial charge in [-0.1, -0.05) is 18.2 Å². The first-order chi connectivity index (χ1) is 14.1. The standard InChI is InChI=1S/C21H22FN3O4/c22-16-3-1-2-4-17(16)23-20(26)12-21(27)25-9-7-24(8-10-25)13-15-5-6-18-19(11-15)29-14-28-18/h1-6,11H,7-10,12-14H2,(H,23,26). The van der Waals surface area contributed by atoms with Gasteiger partial charge < -0.3 is 19.7 Å². The number of benzene rings is 2. The van der Waals surface area contributed by atoms with Crippen molar-refractivity contribution in [3.8, 4) is 11.5 Å². The normalized spacial score (nSPS) is 16.0. The molecule has 8 heteroatoms. The Morgan fingerprint density at radius 1 is 1.00 bits per heavy atom. The molecule has 152 valence electrons. The highest BCUT2D eigenvalue weighted by atomic mass is 19.1. The van der Waals surface area contributed by atoms with Crippen LogP contribution in [-0.2, 0) is 16.1 Å². The molecule has 1 fully saturated rings. The van der Waals surface area contributed by atoms with Gasteiger partial charge in [-0.05, 0) is 29.8 Å². The van der Waals surface area contributed by atoms with Crippen LogP contribution in [0.25, 0.3) is 0 Å². The number of halogens is 1. The number of piperazine rings is 1. The SMILES string of the molecule is O=C(CC(=O)N1CCN(Cc2ccc3c(c2)OCO3)CC1)Nc1ccccc1F. The van der Waals surface area contributed by atoms with Gasteiger partial charge in [-0.25, -0.2) is 4.39 Å². The molecule has 0 bridgehead atoms. The van der Waals surface area contributed by atoms with E-state index in [4.69, 9.17) is 9.47 Å². The van der Waals surface area contributed by atoms with E-state index in [9.17, 15) is 14.0 Å². The predicted molar refractivity (Wildman–Crippen MR) is 104 cm³/mol. The number of para-hydroxylation sites is 1. The summed E-state index contributed by atoms with van der Waals surface area (Å²) < 4.78 is 24.3. The Balaban J connectivity index is 1.24. The van der Waals surface area contributed by atoms with Crippen molar-refractivity contribution in [1.82, 2.24) is 9.80 Å². The number of nitrogens with zero attached hydrogens (tertiary/aromatic N) is 2. The lowest BCUT2D eigenvalue weighted by molar-refractivity contribution is -0.136. The van der Waals surface area contributed by atoms with Crippen molar-refractivity contribution in [2.75, 3.05) is 38.3 Å². The number of fused-ring (bicyclic) bond motifs is 1. The second-order valence-corrected chi connectivity index (χ2v) is 7.05. The molecule has 2 amide bonds. The smallest absolute Gasteiger partial charge is 0.233 e. The van der Waals surface area contributed by atoms with E-state index in [1.165, 1.54) is 12.1 Å². The average molecular weight is 399 g/mol. The average Bonchev–Trinajstić information content (AvgIpc) is 3.18. The minimum Gasteiger partial charge on any atom is -0.454 e. The van der Waals surface area contributed by atoms with Crippen molar-refractivity contribution >= 4 is 17.5 Å². The summed E-state index contributed by atoms with van der Waals surface area (Å²) in [5.41, 5.74) is 1.21. The predicted octanol–water partition coefficient (Wildman–Crippen LogP) is 2.23. The van der Waals surface area contributed by atoms with Crippen LogP contribution in [0.4, 0.5) is 10.1 Å². The minimum absolute atomic E-state index is 0.0823. The topological polar surface area (TPSA) is 71.1 Å². The maximum absolute atomic E-state index is 13.6. The van der Waals surface area contributed by atoms with Gasteiger partial charge >= 0.3 is 0 Å². The second-order valence-electron chi connectivity index (χ2n) is 7.05. The fourth-order valence-electron chi connectivity index (χ4n) is 3.46. The van der Waals surface area contributed by atoms with Crippen molar-refractivity contribution in [3.63, 3.8) is 0 Å². The van der Waals surface area contributed by atoms with Crippen LogP contribution in [-0.4, -0.2) is 54.6 Å². The number of carbonyl (C=O) groups is 2. The van der Waals surface area contributed by atoms with E-state index >= 15 is 0 Å². The summed E-state index contributed by atoms with van der Waals surface area (Å²) in [7, 11) is 0. The second kappa shape index (κ2) is 8.48. The van der Waals surface area contributed by atoms with Gasteiger partial charge in [-0.15, -0.1) is 0 Å². The van der Waals surface area contributed by atoms with Gasteiger partial charge in [-0.3, -0.25) is 14.5 Å². The van der Waals surface area contributed by atoms with Gasteiger partial charge in [0, 0.05) is 32.7 Å². The van der Waals surface area contributed by atoms with Crippen molar-refractivity contribution in [2.45, 2.75) is 13.0 Å². The Morgan fingerprint density at radius 3 is 2.55 bits per heavy atom. The molecule has 1 saturated heterocycles. The zero-order valence-electron chi connectivity index (χ0n) is 15.9. The van der Waals surface area contributed by atoms with E-state index in [0.29, 0.717) is 13.1 Å². The van der Waals surface area contributed by atoms with Gasteiger partial charge in [0.15, 0.2) is 11.5 Å². The molecule has 0 atom stereocenters. The third-order valence-electron chi connectivity index (χ3n) is 5.03. The molecule has 1 N–H and O–H groups in total. The van der Waals surface area contributed by atoms with Gasteiger partial charge in [0.1, 0.15) is 12.2 Å². The lowest BCUT2D eigenvalue weighted by Crippen LogP contribution is -2.48. The zero-order chi connectivity index (χ0) is 20.2. The monoisotopic (exact) mass is 399 g/mol. The largest absolute Gasteiger partial charge is 0.454 e. The molecular weight excluding hydrogens is 377 g/mol. The number of ether oxygens (including phenoxy) is 2. The highest BCUT2D eigenvalue weighted by molar-refractivity contribution is 6.03. The van der Waals surface area contributed by atoms with E-state index in [1.54, 1.807) is 17.0 Å². The number of hydrogen-bond acceptors (Lipinski definition) is 5. The van der Waals surface area contributed by atoms with Crippen molar-refractivity contribution in [2.24, 2.45) is 0 Å². The van der Waals surface area contributed by atoms with E-state index in [0.717, 1.165) is 36.7 Å². The van der Waals surface area contributed by atoms with Gasteiger partial charge in [0.2, 0.25) is 18.6 Å².